The molecule has 5 heteroatoms. The Morgan fingerprint density at radius 3 is 2.73 bits per heavy atom. The lowest BCUT2D eigenvalue weighted by Crippen LogP contribution is -2.14. The molecule has 3 rings (SSSR count). The minimum Gasteiger partial charge on any atom is -0.391 e. The highest BCUT2D eigenvalue weighted by Crippen LogP contribution is 2.25. The van der Waals surface area contributed by atoms with E-state index in [4.69, 9.17) is 0 Å². The highest BCUT2D eigenvalue weighted by Gasteiger charge is 2.08. The molecule has 0 bridgehead atoms. The second-order valence-corrected chi connectivity index (χ2v) is 5.47. The van der Waals surface area contributed by atoms with E-state index in [0.717, 1.165) is 28.8 Å². The molecule has 2 heterocycles. The van der Waals surface area contributed by atoms with Gasteiger partial charge < -0.3 is 5.11 Å². The summed E-state index contributed by atoms with van der Waals surface area (Å²) in [6.07, 6.45) is 6.14. The average molecular weight is 296 g/mol. The summed E-state index contributed by atoms with van der Waals surface area (Å²) < 4.78 is 3.59. The molecule has 1 atom stereocenters. The Kier molecular flexibility index (Phi) is 4.06. The van der Waals surface area contributed by atoms with E-state index in [9.17, 15) is 5.11 Å². The molecule has 0 saturated carbocycles. The summed E-state index contributed by atoms with van der Waals surface area (Å²) in [6, 6.07) is 10.2. The number of aryl methyl sites for hydroxylation is 1. The smallest absolute Gasteiger partial charge is 0.0923 e. The zero-order valence-corrected chi connectivity index (χ0v) is 12.8. The largest absolute Gasteiger partial charge is 0.391 e. The van der Waals surface area contributed by atoms with Gasteiger partial charge in [-0.1, -0.05) is 25.1 Å². The molecule has 0 saturated heterocycles. The molecule has 0 fully saturated rings. The number of aliphatic hydroxyl groups is 1. The number of rotatable bonds is 5. The van der Waals surface area contributed by atoms with Crippen LogP contribution in [0.3, 0.4) is 0 Å². The molecule has 0 spiro atoms. The first-order valence-corrected chi connectivity index (χ1v) is 7.46. The second-order valence-electron chi connectivity index (χ2n) is 5.47. The lowest BCUT2D eigenvalue weighted by molar-refractivity contribution is 0.145. The lowest BCUT2D eigenvalue weighted by Gasteiger charge is -2.07. The van der Waals surface area contributed by atoms with E-state index >= 15 is 0 Å². The van der Waals surface area contributed by atoms with Gasteiger partial charge in [-0.25, -0.2) is 0 Å². The summed E-state index contributed by atoms with van der Waals surface area (Å²) in [6.45, 7) is 2.49. The summed E-state index contributed by atoms with van der Waals surface area (Å²) in [7, 11) is 1.91. The predicted molar refractivity (Wildman–Crippen MR) is 86.2 cm³/mol. The molecule has 1 aromatic carbocycles. The van der Waals surface area contributed by atoms with Crippen molar-refractivity contribution < 1.29 is 5.11 Å². The van der Waals surface area contributed by atoms with Crippen molar-refractivity contribution in [2.75, 3.05) is 0 Å². The van der Waals surface area contributed by atoms with Crippen LogP contribution in [0.25, 0.3) is 22.4 Å². The van der Waals surface area contributed by atoms with Crippen molar-refractivity contribution in [3.8, 4) is 22.4 Å². The van der Waals surface area contributed by atoms with Gasteiger partial charge in [0.15, 0.2) is 0 Å². The van der Waals surface area contributed by atoms with Gasteiger partial charge >= 0.3 is 0 Å². The quantitative estimate of drug-likeness (QED) is 0.787. The number of hydrogen-bond donors (Lipinski definition) is 1. The van der Waals surface area contributed by atoms with Gasteiger partial charge in [0.2, 0.25) is 0 Å². The number of nitrogens with zero attached hydrogens (tertiary/aromatic N) is 4. The van der Waals surface area contributed by atoms with Gasteiger partial charge in [-0.05, 0) is 24.1 Å². The zero-order chi connectivity index (χ0) is 15.5. The first-order chi connectivity index (χ1) is 10.7. The maximum absolute atomic E-state index is 9.72. The Bertz CT molecular complexity index is 759. The van der Waals surface area contributed by atoms with Gasteiger partial charge in [0.1, 0.15) is 0 Å². The maximum Gasteiger partial charge on any atom is 0.0923 e. The summed E-state index contributed by atoms with van der Waals surface area (Å²) in [5.74, 6) is 0. The topological polar surface area (TPSA) is 55.9 Å². The van der Waals surface area contributed by atoms with Crippen LogP contribution in [0.4, 0.5) is 0 Å². The monoisotopic (exact) mass is 296 g/mol. The SMILES string of the molecule is CC[C@H](O)Cn1ccc(-c2cccc(-c3cnn(C)c3)c2)n1. The molecule has 0 amide bonds. The Balaban J connectivity index is 1.86. The highest BCUT2D eigenvalue weighted by atomic mass is 16.3. The minimum absolute atomic E-state index is 0.352. The van der Waals surface area contributed by atoms with Gasteiger partial charge in [0.05, 0.1) is 24.5 Å². The molecule has 5 nitrogen and oxygen atoms in total. The van der Waals surface area contributed by atoms with Crippen molar-refractivity contribution in [2.45, 2.75) is 26.0 Å². The molecule has 114 valence electrons. The second kappa shape index (κ2) is 6.15. The van der Waals surface area contributed by atoms with Crippen LogP contribution >= 0.6 is 0 Å². The molecule has 22 heavy (non-hydrogen) atoms. The van der Waals surface area contributed by atoms with Crippen LogP contribution in [0.15, 0.2) is 48.9 Å². The third-order valence-electron chi connectivity index (χ3n) is 3.71. The molecule has 0 aliphatic carbocycles. The van der Waals surface area contributed by atoms with Crippen molar-refractivity contribution in [1.82, 2.24) is 19.6 Å². The van der Waals surface area contributed by atoms with Gasteiger partial charge in [0.25, 0.3) is 0 Å². The fraction of sp³-hybridized carbons (Fsp3) is 0.294. The lowest BCUT2D eigenvalue weighted by atomic mass is 10.0. The Morgan fingerprint density at radius 2 is 2.00 bits per heavy atom. The molecule has 0 unspecified atom stereocenters. The first-order valence-electron chi connectivity index (χ1n) is 7.46. The van der Waals surface area contributed by atoms with Gasteiger partial charge in [-0.2, -0.15) is 10.2 Å². The maximum atomic E-state index is 9.72. The van der Waals surface area contributed by atoms with E-state index in [1.807, 2.05) is 50.8 Å². The minimum atomic E-state index is -0.352. The normalized spacial score (nSPS) is 12.5. The number of aliphatic hydroxyl groups excluding tert-OH is 1. The van der Waals surface area contributed by atoms with E-state index in [1.54, 1.807) is 9.36 Å². The number of benzene rings is 1. The molecule has 3 aromatic rings. The molecule has 1 N–H and O–H groups in total. The van der Waals surface area contributed by atoms with Crippen LogP contribution in [0.1, 0.15) is 13.3 Å². The first kappa shape index (κ1) is 14.5. The van der Waals surface area contributed by atoms with Crippen molar-refractivity contribution in [3.63, 3.8) is 0 Å². The van der Waals surface area contributed by atoms with E-state index in [1.165, 1.54) is 0 Å². The van der Waals surface area contributed by atoms with Crippen LogP contribution in [-0.2, 0) is 13.6 Å². The van der Waals surface area contributed by atoms with Crippen molar-refractivity contribution in [3.05, 3.63) is 48.9 Å². The molecule has 0 aliphatic heterocycles. The Morgan fingerprint density at radius 1 is 1.18 bits per heavy atom. The summed E-state index contributed by atoms with van der Waals surface area (Å²) in [5.41, 5.74) is 4.18. The van der Waals surface area contributed by atoms with Crippen LogP contribution in [0.2, 0.25) is 0 Å². The third kappa shape index (κ3) is 3.09. The predicted octanol–water partition coefficient (Wildman–Crippen LogP) is 2.72. The number of hydrogen-bond acceptors (Lipinski definition) is 3. The standard InChI is InChI=1S/C17H20N4O/c1-3-16(22)12-21-8-7-17(19-21)14-6-4-5-13(9-14)15-10-18-20(2)11-15/h4-11,16,22H,3,12H2,1-2H3/t16-/m0/s1. The Labute approximate surface area is 129 Å². The summed E-state index contributed by atoms with van der Waals surface area (Å²) in [4.78, 5) is 0. The third-order valence-corrected chi connectivity index (χ3v) is 3.71. The van der Waals surface area contributed by atoms with Crippen LogP contribution in [-0.4, -0.2) is 30.8 Å². The van der Waals surface area contributed by atoms with Crippen molar-refractivity contribution in [1.29, 1.82) is 0 Å². The van der Waals surface area contributed by atoms with Crippen LogP contribution < -0.4 is 0 Å². The summed E-state index contributed by atoms with van der Waals surface area (Å²) in [5, 5.41) is 18.5. The van der Waals surface area contributed by atoms with Crippen molar-refractivity contribution in [2.24, 2.45) is 7.05 Å². The highest BCUT2D eigenvalue weighted by molar-refractivity contribution is 5.70. The molecular weight excluding hydrogens is 276 g/mol. The van der Waals surface area contributed by atoms with E-state index < -0.39 is 0 Å². The molecule has 2 aromatic heterocycles. The van der Waals surface area contributed by atoms with E-state index in [0.29, 0.717) is 6.54 Å². The van der Waals surface area contributed by atoms with Gasteiger partial charge in [-0.3, -0.25) is 9.36 Å². The van der Waals surface area contributed by atoms with Crippen LogP contribution in [0.5, 0.6) is 0 Å². The van der Waals surface area contributed by atoms with Crippen molar-refractivity contribution >= 4 is 0 Å². The summed E-state index contributed by atoms with van der Waals surface area (Å²) >= 11 is 0. The fourth-order valence-corrected chi connectivity index (χ4v) is 2.39. The average Bonchev–Trinajstić information content (AvgIpc) is 3.16. The molecule has 0 aliphatic rings. The van der Waals surface area contributed by atoms with Gasteiger partial charge in [-0.15, -0.1) is 0 Å². The van der Waals surface area contributed by atoms with Gasteiger partial charge in [0, 0.05) is 30.6 Å². The van der Waals surface area contributed by atoms with E-state index in [-0.39, 0.29) is 6.10 Å². The van der Waals surface area contributed by atoms with E-state index in [2.05, 4.69) is 22.3 Å². The Hall–Kier alpha value is -2.40. The van der Waals surface area contributed by atoms with Crippen LogP contribution in [0, 0.1) is 0 Å². The number of aromatic nitrogens is 4. The fourth-order valence-electron chi connectivity index (χ4n) is 2.39. The molecule has 0 radical (unpaired) electrons. The zero-order valence-electron chi connectivity index (χ0n) is 12.8. The molecular formula is C17H20N4O.